The summed E-state index contributed by atoms with van der Waals surface area (Å²) in [6, 6.07) is 20.6. The summed E-state index contributed by atoms with van der Waals surface area (Å²) in [6.07, 6.45) is 0. The molecule has 0 aliphatic rings. The Morgan fingerprint density at radius 2 is 1.74 bits per heavy atom. The van der Waals surface area contributed by atoms with Gasteiger partial charge >= 0.3 is 0 Å². The van der Waals surface area contributed by atoms with Crippen LogP contribution >= 0.6 is 0 Å². The van der Waals surface area contributed by atoms with Crippen LogP contribution in [0.1, 0.15) is 17.3 Å². The van der Waals surface area contributed by atoms with E-state index >= 15 is 0 Å². The van der Waals surface area contributed by atoms with Crippen molar-refractivity contribution in [3.05, 3.63) is 72.3 Å². The summed E-state index contributed by atoms with van der Waals surface area (Å²) in [5.41, 5.74) is 1.21. The number of nitrogens with one attached hydrogen (secondary N) is 1. The molecule has 0 radical (unpaired) electrons. The van der Waals surface area contributed by atoms with Crippen molar-refractivity contribution < 1.29 is 14.3 Å². The third kappa shape index (κ3) is 4.44. The van der Waals surface area contributed by atoms with Gasteiger partial charge in [-0.3, -0.25) is 9.59 Å². The van der Waals surface area contributed by atoms with Gasteiger partial charge in [0.15, 0.2) is 0 Å². The van der Waals surface area contributed by atoms with Gasteiger partial charge in [-0.15, -0.1) is 0 Å². The highest BCUT2D eigenvalue weighted by atomic mass is 16.5. The first-order chi connectivity index (χ1) is 13.1. The van der Waals surface area contributed by atoms with Crippen LogP contribution in [0.3, 0.4) is 0 Å². The van der Waals surface area contributed by atoms with Gasteiger partial charge in [-0.1, -0.05) is 36.4 Å². The molecular weight excluding hydrogens is 340 g/mol. The third-order valence-corrected chi connectivity index (χ3v) is 4.35. The Labute approximate surface area is 158 Å². The molecule has 0 aliphatic carbocycles. The maximum Gasteiger partial charge on any atom is 0.254 e. The zero-order valence-corrected chi connectivity index (χ0v) is 15.4. The highest BCUT2D eigenvalue weighted by Crippen LogP contribution is 2.18. The number of ether oxygens (including phenoxy) is 1. The molecular formula is C22H22N2O3. The fourth-order valence-corrected chi connectivity index (χ4v) is 2.91. The molecule has 0 spiro atoms. The summed E-state index contributed by atoms with van der Waals surface area (Å²) in [6.45, 7) is 2.29. The number of rotatable bonds is 6. The molecule has 0 unspecified atom stereocenters. The van der Waals surface area contributed by atoms with Crippen molar-refractivity contribution in [2.45, 2.75) is 6.92 Å². The standard InChI is InChI=1S/C22H22N2O3/c1-3-24(15-21(25)23-19-9-6-10-20(14-19)27-2)22(26)18-12-11-16-7-4-5-8-17(16)13-18/h4-14H,3,15H2,1-2H3,(H,23,25). The lowest BCUT2D eigenvalue weighted by atomic mass is 10.1. The van der Waals surface area contributed by atoms with Gasteiger partial charge in [-0.05, 0) is 42.0 Å². The number of methoxy groups -OCH3 is 1. The SMILES string of the molecule is CCN(CC(=O)Nc1cccc(OC)c1)C(=O)c1ccc2ccccc2c1. The second-order valence-corrected chi connectivity index (χ2v) is 6.16. The number of hydrogen-bond donors (Lipinski definition) is 1. The Bertz CT molecular complexity index is 968. The summed E-state index contributed by atoms with van der Waals surface area (Å²) >= 11 is 0. The van der Waals surface area contributed by atoms with Gasteiger partial charge in [-0.2, -0.15) is 0 Å². The molecule has 2 amide bonds. The molecule has 0 aliphatic heterocycles. The van der Waals surface area contributed by atoms with Gasteiger partial charge < -0.3 is 15.0 Å². The second-order valence-electron chi connectivity index (χ2n) is 6.16. The molecule has 3 rings (SSSR count). The molecule has 1 N–H and O–H groups in total. The number of hydrogen-bond acceptors (Lipinski definition) is 3. The number of nitrogens with zero attached hydrogens (tertiary/aromatic N) is 1. The molecule has 0 atom stereocenters. The van der Waals surface area contributed by atoms with E-state index in [-0.39, 0.29) is 18.4 Å². The Hall–Kier alpha value is -3.34. The van der Waals surface area contributed by atoms with Crippen LogP contribution in [0.5, 0.6) is 5.75 Å². The van der Waals surface area contributed by atoms with Gasteiger partial charge in [-0.25, -0.2) is 0 Å². The summed E-state index contributed by atoms with van der Waals surface area (Å²) in [5, 5.41) is 4.88. The van der Waals surface area contributed by atoms with Crippen LogP contribution in [-0.4, -0.2) is 36.9 Å². The Kier molecular flexibility index (Phi) is 5.71. The van der Waals surface area contributed by atoms with Crippen molar-refractivity contribution in [3.63, 3.8) is 0 Å². The molecule has 5 heteroatoms. The van der Waals surface area contributed by atoms with Crippen LogP contribution < -0.4 is 10.1 Å². The monoisotopic (exact) mass is 362 g/mol. The predicted octanol–water partition coefficient (Wildman–Crippen LogP) is 3.95. The largest absolute Gasteiger partial charge is 0.497 e. The topological polar surface area (TPSA) is 58.6 Å². The van der Waals surface area contributed by atoms with Crippen molar-refractivity contribution in [1.29, 1.82) is 0 Å². The summed E-state index contributed by atoms with van der Waals surface area (Å²) < 4.78 is 5.15. The predicted molar refractivity (Wildman–Crippen MR) is 107 cm³/mol. The van der Waals surface area contributed by atoms with Gasteiger partial charge in [0, 0.05) is 23.9 Å². The second kappa shape index (κ2) is 8.36. The van der Waals surface area contributed by atoms with Crippen molar-refractivity contribution in [2.24, 2.45) is 0 Å². The normalized spacial score (nSPS) is 10.4. The highest BCUT2D eigenvalue weighted by Gasteiger charge is 2.18. The zero-order valence-electron chi connectivity index (χ0n) is 15.4. The minimum Gasteiger partial charge on any atom is -0.497 e. The van der Waals surface area contributed by atoms with E-state index in [1.807, 2.05) is 43.3 Å². The fourth-order valence-electron chi connectivity index (χ4n) is 2.91. The van der Waals surface area contributed by atoms with E-state index in [0.717, 1.165) is 10.8 Å². The Balaban J connectivity index is 1.71. The van der Waals surface area contributed by atoms with Crippen LogP contribution in [0.4, 0.5) is 5.69 Å². The lowest BCUT2D eigenvalue weighted by Gasteiger charge is -2.20. The minimum atomic E-state index is -0.251. The molecule has 0 saturated carbocycles. The van der Waals surface area contributed by atoms with Crippen molar-refractivity contribution >= 4 is 28.3 Å². The average Bonchev–Trinajstić information content (AvgIpc) is 2.71. The van der Waals surface area contributed by atoms with Gasteiger partial charge in [0.2, 0.25) is 5.91 Å². The maximum atomic E-state index is 12.8. The van der Waals surface area contributed by atoms with Crippen LogP contribution in [0.2, 0.25) is 0 Å². The quantitative estimate of drug-likeness (QED) is 0.722. The lowest BCUT2D eigenvalue weighted by Crippen LogP contribution is -2.37. The molecule has 0 bridgehead atoms. The van der Waals surface area contributed by atoms with Crippen molar-refractivity contribution in [2.75, 3.05) is 25.5 Å². The smallest absolute Gasteiger partial charge is 0.254 e. The number of amides is 2. The number of anilines is 1. The molecule has 5 nitrogen and oxygen atoms in total. The van der Waals surface area contributed by atoms with E-state index < -0.39 is 0 Å². The lowest BCUT2D eigenvalue weighted by molar-refractivity contribution is -0.116. The number of benzene rings is 3. The van der Waals surface area contributed by atoms with Crippen LogP contribution in [0, 0.1) is 0 Å². The van der Waals surface area contributed by atoms with Gasteiger partial charge in [0.25, 0.3) is 5.91 Å². The van der Waals surface area contributed by atoms with Gasteiger partial charge in [0.05, 0.1) is 7.11 Å². The minimum absolute atomic E-state index is 0.0145. The number of fused-ring (bicyclic) bond motifs is 1. The fraction of sp³-hybridized carbons (Fsp3) is 0.182. The third-order valence-electron chi connectivity index (χ3n) is 4.35. The van der Waals surface area contributed by atoms with E-state index in [4.69, 9.17) is 4.74 Å². The number of carbonyl (C=O) groups is 2. The number of likely N-dealkylation sites (N-methyl/N-ethyl adjacent to an activating group) is 1. The first-order valence-electron chi connectivity index (χ1n) is 8.82. The summed E-state index contributed by atoms with van der Waals surface area (Å²) in [4.78, 5) is 26.7. The average molecular weight is 362 g/mol. The van der Waals surface area contributed by atoms with E-state index in [1.165, 1.54) is 4.90 Å². The highest BCUT2D eigenvalue weighted by molar-refractivity contribution is 6.01. The first kappa shape index (κ1) is 18.5. The van der Waals surface area contributed by atoms with E-state index in [2.05, 4.69) is 5.32 Å². The summed E-state index contributed by atoms with van der Waals surface area (Å²) in [7, 11) is 1.57. The zero-order chi connectivity index (χ0) is 19.2. The van der Waals surface area contributed by atoms with Crippen LogP contribution in [0.25, 0.3) is 10.8 Å². The molecule has 0 fully saturated rings. The molecule has 0 saturated heterocycles. The molecule has 0 heterocycles. The van der Waals surface area contributed by atoms with E-state index in [9.17, 15) is 9.59 Å². The summed E-state index contributed by atoms with van der Waals surface area (Å²) in [5.74, 6) is 0.246. The molecule has 138 valence electrons. The van der Waals surface area contributed by atoms with E-state index in [1.54, 1.807) is 37.4 Å². The molecule has 0 aromatic heterocycles. The van der Waals surface area contributed by atoms with Gasteiger partial charge in [0.1, 0.15) is 12.3 Å². The molecule has 3 aromatic rings. The molecule has 27 heavy (non-hydrogen) atoms. The number of carbonyl (C=O) groups excluding carboxylic acids is 2. The van der Waals surface area contributed by atoms with Crippen molar-refractivity contribution in [1.82, 2.24) is 4.90 Å². The Morgan fingerprint density at radius 3 is 2.48 bits per heavy atom. The first-order valence-corrected chi connectivity index (χ1v) is 8.82. The Morgan fingerprint density at radius 1 is 0.963 bits per heavy atom. The van der Waals surface area contributed by atoms with E-state index in [0.29, 0.717) is 23.5 Å². The molecule has 3 aromatic carbocycles. The maximum absolute atomic E-state index is 12.8. The van der Waals surface area contributed by atoms with Crippen LogP contribution in [0.15, 0.2) is 66.7 Å². The van der Waals surface area contributed by atoms with Crippen LogP contribution in [-0.2, 0) is 4.79 Å². The van der Waals surface area contributed by atoms with Crippen molar-refractivity contribution in [3.8, 4) is 5.75 Å².